The van der Waals surface area contributed by atoms with Crippen molar-refractivity contribution in [2.45, 2.75) is 0 Å². The molecule has 0 radical (unpaired) electrons. The number of halogens is 2. The van der Waals surface area contributed by atoms with Crippen molar-refractivity contribution in [3.05, 3.63) is 26.9 Å². The van der Waals surface area contributed by atoms with Gasteiger partial charge in [-0.05, 0) is 36.8 Å². The number of hydrogen-bond donors (Lipinski definition) is 0. The zero-order valence-corrected chi connectivity index (χ0v) is 8.78. The molecule has 0 aliphatic rings. The Morgan fingerprint density at radius 1 is 1.50 bits per heavy atom. The predicted molar refractivity (Wildman–Crippen MR) is 47.3 cm³/mol. The Morgan fingerprint density at radius 2 is 2.25 bits per heavy atom. The first-order chi connectivity index (χ1) is 5.68. The molecule has 2 aromatic rings. The normalized spacial score (nSPS) is 10.8. The fraction of sp³-hybridized carbons (Fsp3) is 0. The molecule has 62 valence electrons. The average molecular weight is 294 g/mol. The summed E-state index contributed by atoms with van der Waals surface area (Å²) < 4.78 is 2.44. The van der Waals surface area contributed by atoms with Gasteiger partial charge in [0.2, 0.25) is 0 Å². The molecular formula is C5H2Br2N4O. The highest BCUT2D eigenvalue weighted by Crippen LogP contribution is 2.15. The maximum Gasteiger partial charge on any atom is 0.315 e. The Labute approximate surface area is 83.9 Å². The highest BCUT2D eigenvalue weighted by Gasteiger charge is 2.11. The van der Waals surface area contributed by atoms with Crippen molar-refractivity contribution >= 4 is 37.5 Å². The lowest BCUT2D eigenvalue weighted by Crippen LogP contribution is -2.31. The van der Waals surface area contributed by atoms with Crippen molar-refractivity contribution in [2.75, 3.05) is 0 Å². The van der Waals surface area contributed by atoms with E-state index in [9.17, 15) is 5.21 Å². The lowest BCUT2D eigenvalue weighted by Gasteiger charge is -1.98. The van der Waals surface area contributed by atoms with E-state index >= 15 is 0 Å². The van der Waals surface area contributed by atoms with Gasteiger partial charge in [-0.25, -0.2) is 4.98 Å². The van der Waals surface area contributed by atoms with E-state index in [0.717, 1.165) is 0 Å². The van der Waals surface area contributed by atoms with Crippen LogP contribution in [0.25, 0.3) is 5.65 Å². The molecule has 0 saturated carbocycles. The minimum atomic E-state index is 0.494. The molecule has 2 rings (SSSR count). The van der Waals surface area contributed by atoms with Crippen LogP contribution in [0.5, 0.6) is 0 Å². The van der Waals surface area contributed by atoms with Gasteiger partial charge in [-0.2, -0.15) is 0 Å². The summed E-state index contributed by atoms with van der Waals surface area (Å²) in [6.07, 6.45) is 2.72. The molecule has 0 aromatic carbocycles. The molecule has 0 amide bonds. The summed E-state index contributed by atoms with van der Waals surface area (Å²) in [4.78, 5) is 8.47. The molecule has 0 spiro atoms. The Morgan fingerprint density at radius 3 is 3.00 bits per heavy atom. The van der Waals surface area contributed by atoms with Gasteiger partial charge in [0.1, 0.15) is 4.60 Å². The lowest BCUT2D eigenvalue weighted by atomic mass is 10.7. The van der Waals surface area contributed by atoms with Crippen molar-refractivity contribution in [1.29, 1.82) is 0 Å². The molecule has 0 N–H and O–H groups in total. The Bertz CT molecular complexity index is 440. The molecule has 2 heterocycles. The van der Waals surface area contributed by atoms with E-state index in [2.05, 4.69) is 41.8 Å². The van der Waals surface area contributed by atoms with Crippen LogP contribution in [-0.2, 0) is 0 Å². The summed E-state index contributed by atoms with van der Waals surface area (Å²) in [7, 11) is 0. The average Bonchev–Trinajstić information content (AvgIpc) is 2.33. The van der Waals surface area contributed by atoms with Crippen molar-refractivity contribution < 1.29 is 4.85 Å². The maximum absolute atomic E-state index is 11.0. The second-order valence-corrected chi connectivity index (χ2v) is 3.63. The molecule has 0 unspecified atom stereocenters. The molecule has 5 nitrogen and oxygen atoms in total. The quantitative estimate of drug-likeness (QED) is 0.535. The van der Waals surface area contributed by atoms with Gasteiger partial charge in [0.15, 0.2) is 4.60 Å². The minimum absolute atomic E-state index is 0.494. The first kappa shape index (κ1) is 7.93. The maximum atomic E-state index is 11.0. The first-order valence-corrected chi connectivity index (χ1v) is 4.55. The zero-order valence-electron chi connectivity index (χ0n) is 5.61. The molecule has 2 aromatic heterocycles. The van der Waals surface area contributed by atoms with Gasteiger partial charge in [0, 0.05) is 0 Å². The van der Waals surface area contributed by atoms with Crippen LogP contribution in [0.1, 0.15) is 0 Å². The summed E-state index contributed by atoms with van der Waals surface area (Å²) in [6.45, 7) is 0. The van der Waals surface area contributed by atoms with Crippen LogP contribution < -0.4 is 4.85 Å². The van der Waals surface area contributed by atoms with E-state index in [-0.39, 0.29) is 0 Å². The van der Waals surface area contributed by atoms with Gasteiger partial charge >= 0.3 is 12.0 Å². The summed E-state index contributed by atoms with van der Waals surface area (Å²) in [6, 6.07) is 0. The highest BCUT2D eigenvalue weighted by atomic mass is 79.9. The highest BCUT2D eigenvalue weighted by molar-refractivity contribution is 9.11. The smallest absolute Gasteiger partial charge is 0.315 e. The third kappa shape index (κ3) is 1.09. The molecule has 0 fully saturated rings. The third-order valence-corrected chi connectivity index (χ3v) is 2.24. The SMILES string of the molecule is [O-][n+]1cnc2c(Br)nc(Br)cn21. The minimum Gasteiger partial charge on any atom is -0.692 e. The van der Waals surface area contributed by atoms with E-state index in [1.54, 1.807) is 6.20 Å². The first-order valence-electron chi connectivity index (χ1n) is 2.97. The molecule has 7 heteroatoms. The van der Waals surface area contributed by atoms with Crippen LogP contribution in [-0.4, -0.2) is 14.5 Å². The summed E-state index contributed by atoms with van der Waals surface area (Å²) >= 11 is 6.34. The van der Waals surface area contributed by atoms with E-state index in [1.165, 1.54) is 10.8 Å². The molecule has 12 heavy (non-hydrogen) atoms. The Kier molecular flexibility index (Phi) is 1.76. The van der Waals surface area contributed by atoms with Gasteiger partial charge in [-0.3, -0.25) is 0 Å². The molecule has 0 aliphatic carbocycles. The third-order valence-electron chi connectivity index (χ3n) is 1.33. The number of aromatic nitrogens is 4. The second kappa shape index (κ2) is 2.67. The van der Waals surface area contributed by atoms with E-state index in [4.69, 9.17) is 0 Å². The van der Waals surface area contributed by atoms with Crippen molar-refractivity contribution in [3.63, 3.8) is 0 Å². The fourth-order valence-electron chi connectivity index (χ4n) is 0.852. The van der Waals surface area contributed by atoms with Crippen molar-refractivity contribution in [1.82, 2.24) is 14.5 Å². The van der Waals surface area contributed by atoms with Crippen LogP contribution in [0.15, 0.2) is 21.7 Å². The van der Waals surface area contributed by atoms with Crippen LogP contribution in [0.2, 0.25) is 0 Å². The molecule has 0 bridgehead atoms. The monoisotopic (exact) mass is 292 g/mol. The van der Waals surface area contributed by atoms with Gasteiger partial charge in [0.25, 0.3) is 0 Å². The summed E-state index contributed by atoms with van der Waals surface area (Å²) in [5.74, 6) is 0. The summed E-state index contributed by atoms with van der Waals surface area (Å²) in [5.41, 5.74) is 0.494. The molecule has 0 saturated heterocycles. The summed E-state index contributed by atoms with van der Waals surface area (Å²) in [5, 5.41) is 11.0. The van der Waals surface area contributed by atoms with Gasteiger partial charge < -0.3 is 5.21 Å². The standard InChI is InChI=1S/C5H2Br2N4O/c6-3-1-10-5(4(7)9-3)8-2-11(10)12/h1-2H. The topological polar surface area (TPSA) is 57.1 Å². The molecular weight excluding hydrogens is 292 g/mol. The number of hydrogen-bond acceptors (Lipinski definition) is 3. The number of fused-ring (bicyclic) bond motifs is 1. The number of nitrogens with zero attached hydrogens (tertiary/aromatic N) is 4. The van der Waals surface area contributed by atoms with E-state index in [0.29, 0.717) is 19.7 Å². The Hall–Kier alpha value is -0.690. The fourth-order valence-corrected chi connectivity index (χ4v) is 1.94. The lowest BCUT2D eigenvalue weighted by molar-refractivity contribution is -0.678. The van der Waals surface area contributed by atoms with Crippen LogP contribution in [0.4, 0.5) is 0 Å². The van der Waals surface area contributed by atoms with Gasteiger partial charge in [0.05, 0.1) is 6.20 Å². The largest absolute Gasteiger partial charge is 0.692 e. The van der Waals surface area contributed by atoms with E-state index in [1.807, 2.05) is 0 Å². The van der Waals surface area contributed by atoms with Gasteiger partial charge in [-0.1, -0.05) is 0 Å². The van der Waals surface area contributed by atoms with Crippen LogP contribution in [0, 0.1) is 5.21 Å². The van der Waals surface area contributed by atoms with Crippen molar-refractivity contribution in [3.8, 4) is 0 Å². The Balaban J connectivity index is 2.92. The molecule has 0 atom stereocenters. The molecule has 0 aliphatic heterocycles. The van der Waals surface area contributed by atoms with Crippen LogP contribution in [0.3, 0.4) is 0 Å². The van der Waals surface area contributed by atoms with Crippen LogP contribution >= 0.6 is 31.9 Å². The zero-order chi connectivity index (χ0) is 8.72. The second-order valence-electron chi connectivity index (χ2n) is 2.07. The van der Waals surface area contributed by atoms with Crippen molar-refractivity contribution in [2.24, 2.45) is 0 Å². The van der Waals surface area contributed by atoms with Gasteiger partial charge in [-0.15, -0.1) is 9.36 Å². The number of rotatable bonds is 0. The predicted octanol–water partition coefficient (Wildman–Crippen LogP) is 0.888. The van der Waals surface area contributed by atoms with E-state index < -0.39 is 0 Å².